The molecule has 1 nitrogen and oxygen atoms in total. The summed E-state index contributed by atoms with van der Waals surface area (Å²) in [6.07, 6.45) is 1.96. The average Bonchev–Trinajstić information content (AvgIpc) is 2.35. The molecule has 0 aliphatic carbocycles. The summed E-state index contributed by atoms with van der Waals surface area (Å²) in [5, 5.41) is 0.624. The Morgan fingerprint density at radius 3 is 1.65 bits per heavy atom. The molecule has 0 aromatic heterocycles. The minimum atomic E-state index is -1.70. The molecule has 0 bridgehead atoms. The van der Waals surface area contributed by atoms with E-state index in [1.807, 2.05) is 6.08 Å². The molecule has 1 rings (SSSR count). The lowest BCUT2D eigenvalue weighted by atomic mass is 10.2. The predicted molar refractivity (Wildman–Crippen MR) is 113 cm³/mol. The Bertz CT molecular complexity index is 534. The molecular formula is C20H37NSi2. The molecule has 0 unspecified atom stereocenters. The lowest BCUT2D eigenvalue weighted by Gasteiger charge is -2.58. The van der Waals surface area contributed by atoms with Crippen LogP contribution in [-0.4, -0.2) is 16.5 Å². The zero-order valence-electron chi connectivity index (χ0n) is 17.0. The Morgan fingerprint density at radius 2 is 1.30 bits per heavy atom. The van der Waals surface area contributed by atoms with Crippen molar-refractivity contribution in [3.63, 3.8) is 0 Å². The number of hydrogen-bond donors (Lipinski definition) is 0. The summed E-state index contributed by atoms with van der Waals surface area (Å²) in [5.74, 6) is 0. The molecule has 0 aliphatic rings. The molecule has 3 heteroatoms. The Morgan fingerprint density at radius 1 is 0.870 bits per heavy atom. The molecule has 0 heterocycles. The first-order valence-corrected chi connectivity index (χ1v) is 14.6. The Labute approximate surface area is 147 Å². The van der Waals surface area contributed by atoms with Crippen molar-refractivity contribution in [3.8, 4) is 0 Å². The second-order valence-electron chi connectivity index (χ2n) is 9.75. The van der Waals surface area contributed by atoms with Gasteiger partial charge >= 0.3 is 0 Å². The molecule has 23 heavy (non-hydrogen) atoms. The molecule has 0 saturated heterocycles. The van der Waals surface area contributed by atoms with Crippen molar-refractivity contribution in [1.82, 2.24) is 0 Å². The van der Waals surface area contributed by atoms with E-state index in [0.717, 1.165) is 0 Å². The summed E-state index contributed by atoms with van der Waals surface area (Å²) in [4.78, 5) is 0. The van der Waals surface area contributed by atoms with Gasteiger partial charge in [0, 0.05) is 5.69 Å². The van der Waals surface area contributed by atoms with Gasteiger partial charge < -0.3 is 4.23 Å². The monoisotopic (exact) mass is 347 g/mol. The van der Waals surface area contributed by atoms with Gasteiger partial charge in [-0.25, -0.2) is 0 Å². The van der Waals surface area contributed by atoms with Gasteiger partial charge in [0.15, 0.2) is 0 Å². The van der Waals surface area contributed by atoms with Crippen LogP contribution < -0.4 is 4.23 Å². The van der Waals surface area contributed by atoms with Gasteiger partial charge in [0.2, 0.25) is 0 Å². The lowest BCUT2D eigenvalue weighted by molar-refractivity contribution is 0.695. The van der Waals surface area contributed by atoms with E-state index in [4.69, 9.17) is 0 Å². The smallest absolute Gasteiger partial charge is 0.147 e. The fourth-order valence-corrected chi connectivity index (χ4v) is 13.3. The van der Waals surface area contributed by atoms with Crippen LogP contribution in [0.2, 0.25) is 36.3 Å². The fourth-order valence-electron chi connectivity index (χ4n) is 2.81. The van der Waals surface area contributed by atoms with Crippen LogP contribution in [0, 0.1) is 0 Å². The number of anilines is 1. The zero-order valence-corrected chi connectivity index (χ0v) is 19.0. The largest absolute Gasteiger partial charge is 0.423 e. The molecular weight excluding hydrogens is 310 g/mol. The van der Waals surface area contributed by atoms with Crippen LogP contribution in [0.25, 0.3) is 6.08 Å². The van der Waals surface area contributed by atoms with Crippen molar-refractivity contribution in [2.75, 3.05) is 4.23 Å². The van der Waals surface area contributed by atoms with Gasteiger partial charge in [-0.3, -0.25) is 0 Å². The van der Waals surface area contributed by atoms with Crippen molar-refractivity contribution in [2.24, 2.45) is 0 Å². The number of benzene rings is 1. The van der Waals surface area contributed by atoms with Gasteiger partial charge in [0.05, 0.1) is 0 Å². The number of rotatable bonds is 4. The first-order valence-electron chi connectivity index (χ1n) is 8.69. The van der Waals surface area contributed by atoms with E-state index in [0.29, 0.717) is 10.1 Å². The van der Waals surface area contributed by atoms with E-state index in [-0.39, 0.29) is 0 Å². The van der Waals surface area contributed by atoms with Gasteiger partial charge in [0.25, 0.3) is 0 Å². The molecule has 0 atom stereocenters. The molecule has 1 aromatic carbocycles. The van der Waals surface area contributed by atoms with Crippen molar-refractivity contribution in [2.45, 2.75) is 77.8 Å². The van der Waals surface area contributed by atoms with Crippen LogP contribution in [0.5, 0.6) is 0 Å². The van der Waals surface area contributed by atoms with E-state index in [1.165, 1.54) is 11.3 Å². The first kappa shape index (κ1) is 20.2. The van der Waals surface area contributed by atoms with Crippen LogP contribution in [-0.2, 0) is 0 Å². The molecule has 1 aromatic rings. The standard InChI is InChI=1S/C20H37NSi2/c1-12-17-14-13-15-18(16-17)21(22(8,9)19(2,3)4)23(10,11)20(5,6)7/h12-16H,1H2,2-11H3. The van der Waals surface area contributed by atoms with E-state index in [1.54, 1.807) is 0 Å². The molecule has 0 N–H and O–H groups in total. The normalized spacial score (nSPS) is 13.8. The summed E-state index contributed by atoms with van der Waals surface area (Å²) < 4.78 is 2.90. The predicted octanol–water partition coefficient (Wildman–Crippen LogP) is 7.15. The molecule has 0 spiro atoms. The van der Waals surface area contributed by atoms with Crippen LogP contribution in [0.15, 0.2) is 30.8 Å². The second-order valence-corrected chi connectivity index (χ2v) is 20.3. The van der Waals surface area contributed by atoms with Crippen molar-refractivity contribution in [1.29, 1.82) is 0 Å². The van der Waals surface area contributed by atoms with E-state index >= 15 is 0 Å². The Hall–Kier alpha value is -0.806. The number of nitrogens with zero attached hydrogens (tertiary/aromatic N) is 1. The van der Waals surface area contributed by atoms with Gasteiger partial charge in [-0.1, -0.05) is 92.5 Å². The van der Waals surface area contributed by atoms with Gasteiger partial charge in [-0.15, -0.1) is 0 Å². The topological polar surface area (TPSA) is 3.24 Å². The quantitative estimate of drug-likeness (QED) is 0.523. The highest BCUT2D eigenvalue weighted by molar-refractivity contribution is 7.02. The number of hydrogen-bond acceptors (Lipinski definition) is 1. The summed E-state index contributed by atoms with van der Waals surface area (Å²) >= 11 is 0. The minimum absolute atomic E-state index is 0.312. The van der Waals surface area contributed by atoms with Crippen LogP contribution in [0.3, 0.4) is 0 Å². The van der Waals surface area contributed by atoms with E-state index in [2.05, 4.69) is 103 Å². The van der Waals surface area contributed by atoms with Gasteiger partial charge in [-0.2, -0.15) is 0 Å². The maximum Gasteiger partial charge on any atom is 0.147 e. The molecule has 0 saturated carbocycles. The maximum absolute atomic E-state index is 3.96. The van der Waals surface area contributed by atoms with Crippen LogP contribution >= 0.6 is 0 Å². The highest BCUT2D eigenvalue weighted by atomic mass is 28.4. The maximum atomic E-state index is 3.96. The van der Waals surface area contributed by atoms with Crippen molar-refractivity contribution < 1.29 is 0 Å². The summed E-state index contributed by atoms with van der Waals surface area (Å²) in [5.41, 5.74) is 2.60. The Balaban J connectivity index is 3.65. The second kappa shape index (κ2) is 6.25. The third kappa shape index (κ3) is 3.82. The summed E-state index contributed by atoms with van der Waals surface area (Å²) in [6, 6.07) is 8.95. The molecule has 0 fully saturated rings. The summed E-state index contributed by atoms with van der Waals surface area (Å²) in [7, 11) is -3.39. The lowest BCUT2D eigenvalue weighted by Crippen LogP contribution is -2.69. The third-order valence-corrected chi connectivity index (χ3v) is 19.6. The molecule has 0 aliphatic heterocycles. The third-order valence-electron chi connectivity index (χ3n) is 6.15. The fraction of sp³-hybridized carbons (Fsp3) is 0.600. The highest BCUT2D eigenvalue weighted by Gasteiger charge is 2.51. The van der Waals surface area contributed by atoms with Crippen LogP contribution in [0.4, 0.5) is 5.69 Å². The van der Waals surface area contributed by atoms with Gasteiger partial charge in [-0.05, 0) is 27.8 Å². The van der Waals surface area contributed by atoms with E-state index in [9.17, 15) is 0 Å². The van der Waals surface area contributed by atoms with Crippen molar-refractivity contribution in [3.05, 3.63) is 36.4 Å². The van der Waals surface area contributed by atoms with Crippen LogP contribution in [0.1, 0.15) is 47.1 Å². The average molecular weight is 348 g/mol. The zero-order chi connectivity index (χ0) is 18.3. The first-order chi connectivity index (χ1) is 10.2. The van der Waals surface area contributed by atoms with Crippen molar-refractivity contribution >= 4 is 28.2 Å². The minimum Gasteiger partial charge on any atom is -0.423 e. The molecule has 130 valence electrons. The summed E-state index contributed by atoms with van der Waals surface area (Å²) in [6.45, 7) is 28.6. The molecule has 0 radical (unpaired) electrons. The van der Waals surface area contributed by atoms with E-state index < -0.39 is 16.5 Å². The van der Waals surface area contributed by atoms with Gasteiger partial charge in [0.1, 0.15) is 16.5 Å². The SMILES string of the molecule is C=Cc1cccc(N([Si](C)(C)C(C)(C)C)[Si](C)(C)C(C)(C)C)c1. The highest BCUT2D eigenvalue weighted by Crippen LogP contribution is 2.48. The molecule has 0 amide bonds. The Kier molecular flexibility index (Phi) is 5.50.